The topological polar surface area (TPSA) is 55.6 Å². The molecule has 0 saturated heterocycles. The largest absolute Gasteiger partial charge is 0.493 e. The van der Waals surface area contributed by atoms with E-state index in [1.165, 1.54) is 17.0 Å². The fourth-order valence-corrected chi connectivity index (χ4v) is 1.80. The first-order valence-corrected chi connectivity index (χ1v) is 6.57. The van der Waals surface area contributed by atoms with E-state index in [2.05, 4.69) is 0 Å². The van der Waals surface area contributed by atoms with E-state index >= 15 is 0 Å². The second-order valence-electron chi connectivity index (χ2n) is 4.60. The number of carbonyl (C=O) groups excluding carboxylic acids is 1. The number of hydrogen-bond donors (Lipinski definition) is 1. The zero-order valence-corrected chi connectivity index (χ0v) is 11.8. The van der Waals surface area contributed by atoms with Crippen molar-refractivity contribution in [2.24, 2.45) is 0 Å². The molecule has 0 heterocycles. The van der Waals surface area contributed by atoms with Gasteiger partial charge in [0.05, 0.1) is 13.0 Å². The highest BCUT2D eigenvalue weighted by atomic mass is 19.1. The quantitative estimate of drug-likeness (QED) is 0.861. The van der Waals surface area contributed by atoms with Crippen LogP contribution >= 0.6 is 0 Å². The maximum atomic E-state index is 12.8. The van der Waals surface area contributed by atoms with Crippen LogP contribution in [-0.2, 0) is 4.79 Å². The summed E-state index contributed by atoms with van der Waals surface area (Å²) in [5.74, 6) is 0.241. The second kappa shape index (κ2) is 6.74. The Morgan fingerprint density at radius 1 is 1.14 bits per heavy atom. The van der Waals surface area contributed by atoms with Gasteiger partial charge in [-0.15, -0.1) is 0 Å². The normalized spacial score (nSPS) is 10.2. The van der Waals surface area contributed by atoms with Crippen molar-refractivity contribution in [2.75, 3.05) is 24.3 Å². The molecule has 2 N–H and O–H groups in total. The lowest BCUT2D eigenvalue weighted by Crippen LogP contribution is -2.27. The number of nitrogens with zero attached hydrogens (tertiary/aromatic N) is 1. The molecule has 0 radical (unpaired) electrons. The summed E-state index contributed by atoms with van der Waals surface area (Å²) in [5.41, 5.74) is 6.88. The molecule has 0 unspecified atom stereocenters. The molecule has 0 aliphatic heterocycles. The minimum atomic E-state index is -0.328. The molecule has 110 valence electrons. The number of nitrogen functional groups attached to an aromatic ring is 1. The summed E-state index contributed by atoms with van der Waals surface area (Å²) in [6, 6.07) is 12.8. The molecule has 0 spiro atoms. The van der Waals surface area contributed by atoms with E-state index in [0.717, 1.165) is 0 Å². The van der Waals surface area contributed by atoms with Gasteiger partial charge in [-0.25, -0.2) is 4.39 Å². The fourth-order valence-electron chi connectivity index (χ4n) is 1.80. The lowest BCUT2D eigenvalue weighted by atomic mass is 10.2. The van der Waals surface area contributed by atoms with Crippen molar-refractivity contribution >= 4 is 17.3 Å². The van der Waals surface area contributed by atoms with Gasteiger partial charge in [-0.05, 0) is 48.5 Å². The average Bonchev–Trinajstić information content (AvgIpc) is 2.49. The third-order valence-electron chi connectivity index (χ3n) is 3.05. The van der Waals surface area contributed by atoms with E-state index in [-0.39, 0.29) is 24.8 Å². The van der Waals surface area contributed by atoms with E-state index in [9.17, 15) is 9.18 Å². The van der Waals surface area contributed by atoms with Crippen molar-refractivity contribution in [1.82, 2.24) is 0 Å². The molecule has 0 saturated carbocycles. The van der Waals surface area contributed by atoms with Crippen molar-refractivity contribution in [3.05, 3.63) is 54.3 Å². The van der Waals surface area contributed by atoms with Gasteiger partial charge in [0.2, 0.25) is 5.91 Å². The van der Waals surface area contributed by atoms with Crippen LogP contribution in [0.2, 0.25) is 0 Å². The first kappa shape index (κ1) is 14.8. The molecule has 0 aliphatic rings. The SMILES string of the molecule is CN(C(=O)CCOc1ccc(N)cc1)c1ccc(F)cc1. The van der Waals surface area contributed by atoms with Crippen LogP contribution in [0, 0.1) is 5.82 Å². The van der Waals surface area contributed by atoms with Gasteiger partial charge in [0.15, 0.2) is 0 Å². The van der Waals surface area contributed by atoms with E-state index in [0.29, 0.717) is 17.1 Å². The van der Waals surface area contributed by atoms with Gasteiger partial charge in [-0.1, -0.05) is 0 Å². The molecule has 5 heteroatoms. The third kappa shape index (κ3) is 4.21. The highest BCUT2D eigenvalue weighted by Crippen LogP contribution is 2.15. The molecule has 2 aromatic carbocycles. The predicted octanol–water partition coefficient (Wildman–Crippen LogP) is 2.84. The van der Waals surface area contributed by atoms with Crippen LogP contribution in [0.5, 0.6) is 5.75 Å². The van der Waals surface area contributed by atoms with Gasteiger partial charge in [-0.2, -0.15) is 0 Å². The number of ether oxygens (including phenoxy) is 1. The Bertz CT molecular complexity index is 597. The van der Waals surface area contributed by atoms with Crippen LogP contribution in [-0.4, -0.2) is 19.6 Å². The Labute approximate surface area is 122 Å². The lowest BCUT2D eigenvalue weighted by Gasteiger charge is -2.17. The van der Waals surface area contributed by atoms with E-state index < -0.39 is 0 Å². The monoisotopic (exact) mass is 288 g/mol. The number of amides is 1. The molecule has 1 amide bonds. The molecule has 2 rings (SSSR count). The first-order valence-electron chi connectivity index (χ1n) is 6.57. The number of halogens is 1. The zero-order chi connectivity index (χ0) is 15.2. The number of nitrogens with two attached hydrogens (primary N) is 1. The first-order chi connectivity index (χ1) is 10.1. The van der Waals surface area contributed by atoms with E-state index in [1.807, 2.05) is 0 Å². The summed E-state index contributed by atoms with van der Waals surface area (Å²) < 4.78 is 18.3. The lowest BCUT2D eigenvalue weighted by molar-refractivity contribution is -0.118. The Morgan fingerprint density at radius 3 is 2.38 bits per heavy atom. The minimum Gasteiger partial charge on any atom is -0.493 e. The summed E-state index contributed by atoms with van der Waals surface area (Å²) in [6.45, 7) is 0.272. The summed E-state index contributed by atoms with van der Waals surface area (Å²) in [7, 11) is 1.65. The fraction of sp³-hybridized carbons (Fsp3) is 0.188. The van der Waals surface area contributed by atoms with Crippen molar-refractivity contribution < 1.29 is 13.9 Å². The van der Waals surface area contributed by atoms with Crippen LogP contribution in [0.25, 0.3) is 0 Å². The summed E-state index contributed by atoms with van der Waals surface area (Å²) in [4.78, 5) is 13.5. The van der Waals surface area contributed by atoms with Crippen molar-refractivity contribution in [3.63, 3.8) is 0 Å². The predicted molar refractivity (Wildman–Crippen MR) is 80.8 cm³/mol. The molecule has 0 aliphatic carbocycles. The van der Waals surface area contributed by atoms with Gasteiger partial charge >= 0.3 is 0 Å². The molecule has 0 atom stereocenters. The highest BCUT2D eigenvalue weighted by Gasteiger charge is 2.11. The molecular weight excluding hydrogens is 271 g/mol. The summed E-state index contributed by atoms with van der Waals surface area (Å²) in [6.07, 6.45) is 0.234. The summed E-state index contributed by atoms with van der Waals surface area (Å²) in [5, 5.41) is 0. The smallest absolute Gasteiger partial charge is 0.230 e. The Morgan fingerprint density at radius 2 is 1.76 bits per heavy atom. The molecule has 0 fully saturated rings. The van der Waals surface area contributed by atoms with Gasteiger partial charge in [0.25, 0.3) is 0 Å². The van der Waals surface area contributed by atoms with E-state index in [4.69, 9.17) is 10.5 Å². The van der Waals surface area contributed by atoms with Crippen LogP contribution in [0.15, 0.2) is 48.5 Å². The van der Waals surface area contributed by atoms with Gasteiger partial charge in [0.1, 0.15) is 11.6 Å². The number of anilines is 2. The standard InChI is InChI=1S/C16H17FN2O2/c1-19(14-6-2-12(17)3-7-14)16(20)10-11-21-15-8-4-13(18)5-9-15/h2-9H,10-11,18H2,1H3. The van der Waals surface area contributed by atoms with Crippen LogP contribution in [0.3, 0.4) is 0 Å². The van der Waals surface area contributed by atoms with Crippen molar-refractivity contribution in [2.45, 2.75) is 6.42 Å². The molecule has 0 aromatic heterocycles. The zero-order valence-electron chi connectivity index (χ0n) is 11.8. The van der Waals surface area contributed by atoms with Crippen LogP contribution in [0.4, 0.5) is 15.8 Å². The van der Waals surface area contributed by atoms with Crippen LogP contribution in [0.1, 0.15) is 6.42 Å². The maximum absolute atomic E-state index is 12.8. The molecule has 2 aromatic rings. The van der Waals surface area contributed by atoms with Crippen molar-refractivity contribution in [3.8, 4) is 5.75 Å². The van der Waals surface area contributed by atoms with Gasteiger partial charge in [0, 0.05) is 18.4 Å². The maximum Gasteiger partial charge on any atom is 0.230 e. The molecule has 21 heavy (non-hydrogen) atoms. The Balaban J connectivity index is 1.83. The Hall–Kier alpha value is -2.56. The van der Waals surface area contributed by atoms with Gasteiger partial charge in [-0.3, -0.25) is 4.79 Å². The minimum absolute atomic E-state index is 0.1000. The molecule has 4 nitrogen and oxygen atoms in total. The van der Waals surface area contributed by atoms with Crippen molar-refractivity contribution in [1.29, 1.82) is 0 Å². The number of carbonyl (C=O) groups is 1. The second-order valence-corrected chi connectivity index (χ2v) is 4.60. The van der Waals surface area contributed by atoms with Crippen LogP contribution < -0.4 is 15.4 Å². The van der Waals surface area contributed by atoms with E-state index in [1.54, 1.807) is 43.4 Å². The molecule has 0 bridgehead atoms. The highest BCUT2D eigenvalue weighted by molar-refractivity contribution is 5.92. The third-order valence-corrected chi connectivity index (χ3v) is 3.05. The average molecular weight is 288 g/mol. The molecular formula is C16H17FN2O2. The summed E-state index contributed by atoms with van der Waals surface area (Å²) >= 11 is 0. The number of benzene rings is 2. The van der Waals surface area contributed by atoms with Gasteiger partial charge < -0.3 is 15.4 Å². The number of hydrogen-bond acceptors (Lipinski definition) is 3. The Kier molecular flexibility index (Phi) is 4.77. The number of rotatable bonds is 5.